The minimum absolute atomic E-state index is 0.0589. The average Bonchev–Trinajstić information content (AvgIpc) is 3.60. The number of hydrogen-bond donors (Lipinski definition) is 0. The highest BCUT2D eigenvalue weighted by Crippen LogP contribution is 2.52. The molecule has 0 radical (unpaired) electrons. The highest BCUT2D eigenvalue weighted by molar-refractivity contribution is 8.00. The molecule has 0 N–H and O–H groups in total. The van der Waals surface area contributed by atoms with E-state index in [1.165, 1.54) is 38.1 Å². The van der Waals surface area contributed by atoms with E-state index in [4.69, 9.17) is 9.97 Å². The fourth-order valence-electron chi connectivity index (χ4n) is 7.86. The van der Waals surface area contributed by atoms with Crippen LogP contribution in [0.15, 0.2) is 192 Å². The van der Waals surface area contributed by atoms with Crippen LogP contribution in [-0.2, 0) is 0 Å². The average molecular weight is 690 g/mol. The van der Waals surface area contributed by atoms with Crippen LogP contribution < -0.4 is 4.90 Å². The molecular formula is C48H39N3S. The van der Waals surface area contributed by atoms with Crippen LogP contribution in [0.1, 0.15) is 36.4 Å². The monoisotopic (exact) mass is 689 g/mol. The third-order valence-corrected chi connectivity index (χ3v) is 12.0. The van der Waals surface area contributed by atoms with Crippen molar-refractivity contribution in [1.29, 1.82) is 0 Å². The first-order valence-corrected chi connectivity index (χ1v) is 19.0. The number of allylic oxidation sites excluding steroid dienone is 7. The van der Waals surface area contributed by atoms with Gasteiger partial charge in [0, 0.05) is 56.2 Å². The second kappa shape index (κ2) is 14.1. The van der Waals surface area contributed by atoms with E-state index in [1.54, 1.807) is 0 Å². The van der Waals surface area contributed by atoms with Crippen LogP contribution in [-0.4, -0.2) is 21.3 Å². The molecule has 3 atom stereocenters. The number of hydrogen-bond acceptors (Lipinski definition) is 4. The zero-order valence-electron chi connectivity index (χ0n) is 29.0. The summed E-state index contributed by atoms with van der Waals surface area (Å²) in [5.41, 5.74) is 9.87. The Morgan fingerprint density at radius 1 is 0.769 bits per heavy atom. The molecule has 252 valence electrons. The molecule has 2 aromatic heterocycles. The maximum Gasteiger partial charge on any atom is 0.0708 e. The molecule has 52 heavy (non-hydrogen) atoms. The van der Waals surface area contributed by atoms with Crippen molar-refractivity contribution < 1.29 is 0 Å². The van der Waals surface area contributed by atoms with Crippen molar-refractivity contribution in [3.8, 4) is 11.3 Å². The summed E-state index contributed by atoms with van der Waals surface area (Å²) in [6.45, 7) is 4.34. The standard InChI is InChI=1S/C48H39N3S/c1-2-40(16-9-15-39-29-35-11-3-5-13-37(35)31-49-39)51(42-27-23-34(24-28-42)46-30-36-12-4-6-14-38(36)32-50-46)41-25-21-33(22-26-41)43-18-10-19-45-44-17-7-8-20-47(44)52-48(43)45/h2-15,17-21,23-25,27-32,40,45,48H,1,16,22,26H2/b15-9+. The van der Waals surface area contributed by atoms with Crippen molar-refractivity contribution in [2.75, 3.05) is 4.90 Å². The quantitative estimate of drug-likeness (QED) is 0.141. The molecule has 4 aromatic carbocycles. The third kappa shape index (κ3) is 6.24. The molecule has 9 rings (SSSR count). The van der Waals surface area contributed by atoms with E-state index in [9.17, 15) is 0 Å². The van der Waals surface area contributed by atoms with Gasteiger partial charge in [-0.15, -0.1) is 18.3 Å². The summed E-state index contributed by atoms with van der Waals surface area (Å²) in [6.07, 6.45) is 24.9. The first kappa shape index (κ1) is 32.2. The zero-order chi connectivity index (χ0) is 34.9. The van der Waals surface area contributed by atoms with Gasteiger partial charge in [-0.3, -0.25) is 9.97 Å². The summed E-state index contributed by atoms with van der Waals surface area (Å²) in [7, 11) is 0. The predicted octanol–water partition coefficient (Wildman–Crippen LogP) is 12.3. The fraction of sp³-hybridized carbons (Fsp3) is 0.125. The van der Waals surface area contributed by atoms with Crippen LogP contribution in [0.4, 0.5) is 5.69 Å². The van der Waals surface area contributed by atoms with Gasteiger partial charge in [0.25, 0.3) is 0 Å². The molecule has 0 amide bonds. The Hall–Kier alpha value is -5.71. The summed E-state index contributed by atoms with van der Waals surface area (Å²) < 4.78 is 0. The SMILES string of the molecule is C=CC(C/C=C/c1cc2ccccc2cn1)N(C1=CC=C(C2=CC=CC3c4ccccc4SC23)CC1)c1ccc(-c2cc3ccccc3cn2)cc1. The maximum atomic E-state index is 4.79. The number of benzene rings is 4. The summed E-state index contributed by atoms with van der Waals surface area (Å²) in [6, 6.07) is 38.9. The minimum Gasteiger partial charge on any atom is -0.338 e. The lowest BCUT2D eigenvalue weighted by atomic mass is 9.82. The molecule has 0 fully saturated rings. The Labute approximate surface area is 310 Å². The van der Waals surface area contributed by atoms with Crippen LogP contribution in [0.25, 0.3) is 38.9 Å². The molecule has 0 saturated carbocycles. The molecule has 3 nitrogen and oxygen atoms in total. The molecule has 4 heteroatoms. The predicted molar refractivity (Wildman–Crippen MR) is 220 cm³/mol. The molecule has 1 aliphatic heterocycles. The van der Waals surface area contributed by atoms with Crippen molar-refractivity contribution in [1.82, 2.24) is 9.97 Å². The van der Waals surface area contributed by atoms with Crippen molar-refractivity contribution >= 4 is 45.1 Å². The van der Waals surface area contributed by atoms with Crippen molar-refractivity contribution in [2.45, 2.75) is 41.4 Å². The van der Waals surface area contributed by atoms with Gasteiger partial charge in [-0.1, -0.05) is 115 Å². The zero-order valence-corrected chi connectivity index (χ0v) is 29.8. The molecule has 3 unspecified atom stereocenters. The van der Waals surface area contributed by atoms with E-state index in [0.717, 1.165) is 52.7 Å². The van der Waals surface area contributed by atoms with Gasteiger partial charge < -0.3 is 4.90 Å². The minimum atomic E-state index is 0.0589. The molecule has 0 bridgehead atoms. The lowest BCUT2D eigenvalue weighted by molar-refractivity contribution is 0.717. The summed E-state index contributed by atoms with van der Waals surface area (Å²) in [5.74, 6) is 0.439. The molecule has 0 spiro atoms. The summed E-state index contributed by atoms with van der Waals surface area (Å²) in [5, 5.41) is 5.14. The van der Waals surface area contributed by atoms with E-state index >= 15 is 0 Å². The maximum absolute atomic E-state index is 4.79. The van der Waals surface area contributed by atoms with E-state index < -0.39 is 0 Å². The normalized spacial score (nSPS) is 18.4. The van der Waals surface area contributed by atoms with Crippen LogP contribution in [0, 0.1) is 0 Å². The van der Waals surface area contributed by atoms with Crippen LogP contribution in [0.5, 0.6) is 0 Å². The lowest BCUT2D eigenvalue weighted by Crippen LogP contribution is -2.33. The van der Waals surface area contributed by atoms with Gasteiger partial charge >= 0.3 is 0 Å². The van der Waals surface area contributed by atoms with Crippen molar-refractivity contribution in [2.24, 2.45) is 0 Å². The highest BCUT2D eigenvalue weighted by Gasteiger charge is 2.36. The van der Waals surface area contributed by atoms with E-state index in [2.05, 4.69) is 169 Å². The Morgan fingerprint density at radius 3 is 2.27 bits per heavy atom. The van der Waals surface area contributed by atoms with Gasteiger partial charge in [-0.05, 0) is 89.2 Å². The topological polar surface area (TPSA) is 29.0 Å². The number of thioether (sulfide) groups is 1. The number of aromatic nitrogens is 2. The molecule has 2 aliphatic carbocycles. The fourth-order valence-corrected chi connectivity index (χ4v) is 9.37. The number of nitrogens with zero attached hydrogens (tertiary/aromatic N) is 3. The second-order valence-electron chi connectivity index (χ2n) is 13.7. The lowest BCUT2D eigenvalue weighted by Gasteiger charge is -2.36. The third-order valence-electron chi connectivity index (χ3n) is 10.6. The van der Waals surface area contributed by atoms with Gasteiger partial charge in [0.2, 0.25) is 0 Å². The van der Waals surface area contributed by atoms with Crippen LogP contribution >= 0.6 is 11.8 Å². The Balaban J connectivity index is 1.02. The first-order valence-electron chi connectivity index (χ1n) is 18.1. The number of pyridine rings is 2. The Kier molecular flexibility index (Phi) is 8.75. The van der Waals surface area contributed by atoms with Crippen LogP contribution in [0.3, 0.4) is 0 Å². The van der Waals surface area contributed by atoms with Crippen molar-refractivity contribution in [3.05, 3.63) is 199 Å². The number of fused-ring (bicyclic) bond motifs is 5. The number of rotatable bonds is 9. The van der Waals surface area contributed by atoms with Gasteiger partial charge in [-0.25, -0.2) is 0 Å². The Bertz CT molecular complexity index is 2470. The van der Waals surface area contributed by atoms with Gasteiger partial charge in [-0.2, -0.15) is 0 Å². The largest absolute Gasteiger partial charge is 0.338 e. The summed E-state index contributed by atoms with van der Waals surface area (Å²) >= 11 is 2.02. The smallest absolute Gasteiger partial charge is 0.0708 e. The first-order chi connectivity index (χ1) is 25.7. The summed E-state index contributed by atoms with van der Waals surface area (Å²) in [4.78, 5) is 13.4. The van der Waals surface area contributed by atoms with Crippen LogP contribution in [0.2, 0.25) is 0 Å². The van der Waals surface area contributed by atoms with Gasteiger partial charge in [0.05, 0.1) is 17.4 Å². The van der Waals surface area contributed by atoms with E-state index in [0.29, 0.717) is 11.2 Å². The molecule has 3 heterocycles. The number of anilines is 1. The highest BCUT2D eigenvalue weighted by atomic mass is 32.2. The Morgan fingerprint density at radius 2 is 1.50 bits per heavy atom. The van der Waals surface area contributed by atoms with E-state index in [-0.39, 0.29) is 6.04 Å². The molecule has 6 aromatic rings. The van der Waals surface area contributed by atoms with Gasteiger partial charge in [0.15, 0.2) is 0 Å². The van der Waals surface area contributed by atoms with E-state index in [1.807, 2.05) is 24.2 Å². The molecule has 3 aliphatic rings. The van der Waals surface area contributed by atoms with Gasteiger partial charge in [0.1, 0.15) is 0 Å². The molecular weight excluding hydrogens is 651 g/mol. The van der Waals surface area contributed by atoms with Crippen molar-refractivity contribution in [3.63, 3.8) is 0 Å². The molecule has 0 saturated heterocycles. The second-order valence-corrected chi connectivity index (χ2v) is 14.9.